The lowest BCUT2D eigenvalue weighted by Gasteiger charge is -2.22. The lowest BCUT2D eigenvalue weighted by Crippen LogP contribution is -2.35. The van der Waals surface area contributed by atoms with E-state index in [4.69, 9.17) is 15.9 Å². The molecule has 0 atom stereocenters. The Morgan fingerprint density at radius 1 is 1.08 bits per heavy atom. The molecule has 1 amide bonds. The summed E-state index contributed by atoms with van der Waals surface area (Å²) in [6, 6.07) is 11.7. The zero-order valence-electron chi connectivity index (χ0n) is 20.7. The van der Waals surface area contributed by atoms with E-state index in [0.717, 1.165) is 23.5 Å². The number of pyridine rings is 1. The number of carbonyl (C=O) groups excluding carboxylic acids is 1. The van der Waals surface area contributed by atoms with Gasteiger partial charge in [-0.3, -0.25) is 14.5 Å². The molecule has 194 valence electrons. The first kappa shape index (κ1) is 26.2. The standard InChI is InChI=1S/C29H24F2N2O5/c1-4-8-32(20-11-18(30)10-19(31)12-20)29(36)26-17-33(27-15-22(34)6-7-25(27)28(26)35)21-13-23(37-3)16-24(14-21)38-9-5-2/h1,6-7,10-17,34H,5,8-9H2,2-3H3. The maximum Gasteiger partial charge on any atom is 0.264 e. The Labute approximate surface area is 217 Å². The van der Waals surface area contributed by atoms with Crippen LogP contribution in [0.3, 0.4) is 0 Å². The molecule has 4 aromatic rings. The molecule has 0 aliphatic heterocycles. The number of rotatable bonds is 8. The minimum absolute atomic E-state index is 0.0979. The average molecular weight is 519 g/mol. The summed E-state index contributed by atoms with van der Waals surface area (Å²) in [6.45, 7) is 2.07. The third-order valence-corrected chi connectivity index (χ3v) is 5.72. The van der Waals surface area contributed by atoms with Crippen molar-refractivity contribution in [2.45, 2.75) is 13.3 Å². The molecular weight excluding hydrogens is 494 g/mol. The van der Waals surface area contributed by atoms with Crippen molar-refractivity contribution in [3.05, 3.63) is 88.2 Å². The maximum atomic E-state index is 14.0. The Balaban J connectivity index is 1.97. The average Bonchev–Trinajstić information content (AvgIpc) is 2.89. The van der Waals surface area contributed by atoms with E-state index in [2.05, 4.69) is 5.92 Å². The van der Waals surface area contributed by atoms with Gasteiger partial charge in [-0.05, 0) is 30.7 Å². The van der Waals surface area contributed by atoms with E-state index in [9.17, 15) is 23.5 Å². The molecule has 4 rings (SSSR count). The van der Waals surface area contributed by atoms with Crippen LogP contribution in [0.2, 0.25) is 0 Å². The van der Waals surface area contributed by atoms with Crippen molar-refractivity contribution in [1.82, 2.24) is 4.57 Å². The van der Waals surface area contributed by atoms with Gasteiger partial charge in [0.25, 0.3) is 5.91 Å². The summed E-state index contributed by atoms with van der Waals surface area (Å²) < 4.78 is 40.6. The van der Waals surface area contributed by atoms with Crippen molar-refractivity contribution in [2.75, 3.05) is 25.2 Å². The van der Waals surface area contributed by atoms with E-state index < -0.39 is 23.0 Å². The SMILES string of the molecule is C#CCN(C(=O)c1cn(-c2cc(OC)cc(OCCC)c2)c2cc(O)ccc2c1=O)c1cc(F)cc(F)c1. The number of phenolic OH excluding ortho intramolecular Hbond substituents is 1. The van der Waals surface area contributed by atoms with Crippen LogP contribution >= 0.6 is 0 Å². The first-order chi connectivity index (χ1) is 18.2. The van der Waals surface area contributed by atoms with Crippen LogP contribution in [-0.2, 0) is 0 Å². The van der Waals surface area contributed by atoms with E-state index in [-0.39, 0.29) is 28.9 Å². The molecule has 0 saturated carbocycles. The highest BCUT2D eigenvalue weighted by Gasteiger charge is 2.24. The number of phenols is 1. The molecule has 1 aromatic heterocycles. The number of aromatic nitrogens is 1. The number of carbonyl (C=O) groups is 1. The molecule has 0 aliphatic carbocycles. The number of terminal acetylenes is 1. The van der Waals surface area contributed by atoms with Crippen LogP contribution in [0, 0.1) is 24.0 Å². The lowest BCUT2D eigenvalue weighted by molar-refractivity contribution is 0.0988. The van der Waals surface area contributed by atoms with Crippen LogP contribution in [0.15, 0.2) is 65.6 Å². The van der Waals surface area contributed by atoms with E-state index in [1.54, 1.807) is 18.2 Å². The van der Waals surface area contributed by atoms with Gasteiger partial charge >= 0.3 is 0 Å². The van der Waals surface area contributed by atoms with E-state index in [1.807, 2.05) is 6.92 Å². The number of nitrogens with zero attached hydrogens (tertiary/aromatic N) is 2. The van der Waals surface area contributed by atoms with Crippen LogP contribution in [0.4, 0.5) is 14.5 Å². The maximum absolute atomic E-state index is 14.0. The highest BCUT2D eigenvalue weighted by molar-refractivity contribution is 6.08. The monoisotopic (exact) mass is 518 g/mol. The van der Waals surface area contributed by atoms with Crippen LogP contribution < -0.4 is 19.8 Å². The van der Waals surface area contributed by atoms with E-state index >= 15 is 0 Å². The fourth-order valence-corrected chi connectivity index (χ4v) is 4.01. The molecule has 1 heterocycles. The minimum atomic E-state index is -0.905. The molecule has 0 saturated heterocycles. The quantitative estimate of drug-likeness (QED) is 0.330. The second-order valence-corrected chi connectivity index (χ2v) is 8.38. The number of anilines is 1. The normalized spacial score (nSPS) is 10.7. The Hall–Kier alpha value is -4.84. The van der Waals surface area contributed by atoms with Gasteiger partial charge in [0, 0.05) is 41.9 Å². The molecule has 0 spiro atoms. The second-order valence-electron chi connectivity index (χ2n) is 8.38. The first-order valence-corrected chi connectivity index (χ1v) is 11.7. The summed E-state index contributed by atoms with van der Waals surface area (Å²) in [4.78, 5) is 28.1. The van der Waals surface area contributed by atoms with Gasteiger partial charge in [-0.2, -0.15) is 0 Å². The smallest absolute Gasteiger partial charge is 0.264 e. The molecule has 9 heteroatoms. The number of ether oxygens (including phenoxy) is 2. The highest BCUT2D eigenvalue weighted by Crippen LogP contribution is 2.29. The fraction of sp³-hybridized carbons (Fsp3) is 0.172. The van der Waals surface area contributed by atoms with Crippen LogP contribution in [0.5, 0.6) is 17.2 Å². The zero-order valence-corrected chi connectivity index (χ0v) is 20.7. The number of aromatic hydroxyl groups is 1. The molecule has 3 aromatic carbocycles. The van der Waals surface area contributed by atoms with Crippen molar-refractivity contribution >= 4 is 22.5 Å². The highest BCUT2D eigenvalue weighted by atomic mass is 19.1. The molecule has 0 unspecified atom stereocenters. The molecule has 1 N–H and O–H groups in total. The molecule has 0 fully saturated rings. The summed E-state index contributed by atoms with van der Waals surface area (Å²) in [5.74, 6) is 0.478. The molecule has 0 bridgehead atoms. The molecule has 0 radical (unpaired) electrons. The predicted octanol–water partition coefficient (Wildman–Crippen LogP) is 5.05. The van der Waals surface area contributed by atoms with Crippen LogP contribution in [-0.4, -0.2) is 35.8 Å². The van der Waals surface area contributed by atoms with Gasteiger partial charge in [0.05, 0.1) is 37.2 Å². The summed E-state index contributed by atoms with van der Waals surface area (Å²) in [5, 5.41) is 10.3. The summed E-state index contributed by atoms with van der Waals surface area (Å²) in [5.41, 5.74) is -0.312. The lowest BCUT2D eigenvalue weighted by atomic mass is 10.1. The van der Waals surface area contributed by atoms with Crippen LogP contribution in [0.1, 0.15) is 23.7 Å². The summed E-state index contributed by atoms with van der Waals surface area (Å²) >= 11 is 0. The van der Waals surface area contributed by atoms with Crippen molar-refractivity contribution < 1.29 is 28.2 Å². The Morgan fingerprint density at radius 2 is 1.79 bits per heavy atom. The van der Waals surface area contributed by atoms with Gasteiger partial charge in [0.15, 0.2) is 0 Å². The topological polar surface area (TPSA) is 81.0 Å². The van der Waals surface area contributed by atoms with Gasteiger partial charge in [-0.25, -0.2) is 8.78 Å². The number of hydrogen-bond acceptors (Lipinski definition) is 5. The number of benzene rings is 3. The molecule has 38 heavy (non-hydrogen) atoms. The minimum Gasteiger partial charge on any atom is -0.508 e. The molecular formula is C29H24F2N2O5. The third kappa shape index (κ3) is 5.30. The number of halogens is 2. The number of amides is 1. The molecule has 7 nitrogen and oxygen atoms in total. The number of methoxy groups -OCH3 is 1. The van der Waals surface area contributed by atoms with Gasteiger partial charge < -0.3 is 19.1 Å². The number of hydrogen-bond donors (Lipinski definition) is 1. The zero-order chi connectivity index (χ0) is 27.4. The van der Waals surface area contributed by atoms with Crippen molar-refractivity contribution in [1.29, 1.82) is 0 Å². The first-order valence-electron chi connectivity index (χ1n) is 11.7. The molecule has 0 aliphatic rings. The van der Waals surface area contributed by atoms with Crippen LogP contribution in [0.25, 0.3) is 16.6 Å². The second kappa shape index (κ2) is 11.0. The predicted molar refractivity (Wildman–Crippen MR) is 140 cm³/mol. The summed E-state index contributed by atoms with van der Waals surface area (Å²) in [6.07, 6.45) is 7.51. The van der Waals surface area contributed by atoms with E-state index in [1.165, 1.54) is 36.1 Å². The van der Waals surface area contributed by atoms with E-state index in [0.29, 0.717) is 35.4 Å². The summed E-state index contributed by atoms with van der Waals surface area (Å²) in [7, 11) is 1.49. The Bertz CT molecular complexity index is 1600. The van der Waals surface area contributed by atoms with Crippen molar-refractivity contribution in [3.63, 3.8) is 0 Å². The number of fused-ring (bicyclic) bond motifs is 1. The fourth-order valence-electron chi connectivity index (χ4n) is 4.01. The van der Waals surface area contributed by atoms with Crippen molar-refractivity contribution in [3.8, 4) is 35.3 Å². The van der Waals surface area contributed by atoms with Gasteiger partial charge in [0.1, 0.15) is 34.4 Å². The van der Waals surface area contributed by atoms with Crippen molar-refractivity contribution in [2.24, 2.45) is 0 Å². The Morgan fingerprint density at radius 3 is 2.45 bits per heavy atom. The Kier molecular flexibility index (Phi) is 7.63. The van der Waals surface area contributed by atoms with Gasteiger partial charge in [0.2, 0.25) is 5.43 Å². The van der Waals surface area contributed by atoms with Gasteiger partial charge in [-0.1, -0.05) is 12.8 Å². The van der Waals surface area contributed by atoms with Gasteiger partial charge in [-0.15, -0.1) is 6.42 Å². The third-order valence-electron chi connectivity index (χ3n) is 5.72. The largest absolute Gasteiger partial charge is 0.508 e.